The molecule has 1 heterocycles. The topological polar surface area (TPSA) is 110 Å². The van der Waals surface area contributed by atoms with Crippen molar-refractivity contribution in [1.29, 1.82) is 0 Å². The number of nitrogens with one attached hydrogen (secondary N) is 1. The lowest BCUT2D eigenvalue weighted by Crippen LogP contribution is -2.41. The van der Waals surface area contributed by atoms with Crippen molar-refractivity contribution in [3.8, 4) is 0 Å². The summed E-state index contributed by atoms with van der Waals surface area (Å²) >= 11 is 0. The normalized spacial score (nSPS) is 14.0. The molecule has 0 aliphatic heterocycles. The van der Waals surface area contributed by atoms with E-state index in [1.54, 1.807) is 6.92 Å². The van der Waals surface area contributed by atoms with Gasteiger partial charge in [0.25, 0.3) is 0 Å². The molecule has 1 atom stereocenters. The number of nitro groups is 1. The van der Waals surface area contributed by atoms with E-state index in [-0.39, 0.29) is 24.7 Å². The summed E-state index contributed by atoms with van der Waals surface area (Å²) in [6, 6.07) is 0. The van der Waals surface area contributed by atoms with Crippen LogP contribution in [-0.2, 0) is 11.3 Å². The second-order valence-corrected chi connectivity index (χ2v) is 5.85. The second-order valence-electron chi connectivity index (χ2n) is 5.85. The molecule has 0 aliphatic carbocycles. The molecule has 0 fully saturated rings. The van der Waals surface area contributed by atoms with Gasteiger partial charge >= 0.3 is 5.82 Å². The van der Waals surface area contributed by atoms with E-state index in [9.17, 15) is 20.0 Å². The van der Waals surface area contributed by atoms with Crippen molar-refractivity contribution in [3.05, 3.63) is 22.6 Å². The smallest absolute Gasteiger partial charge is 0.381 e. The van der Waals surface area contributed by atoms with Crippen molar-refractivity contribution in [1.82, 2.24) is 14.9 Å². The zero-order chi connectivity index (χ0) is 16.0. The molecular formula is C13H22N4O4. The van der Waals surface area contributed by atoms with Gasteiger partial charge in [0.2, 0.25) is 12.2 Å². The van der Waals surface area contributed by atoms with Gasteiger partial charge in [-0.3, -0.25) is 4.79 Å². The number of hydrogen-bond donors (Lipinski definition) is 2. The Morgan fingerprint density at radius 2 is 2.29 bits per heavy atom. The van der Waals surface area contributed by atoms with Gasteiger partial charge in [0.05, 0.1) is 5.60 Å². The lowest BCUT2D eigenvalue weighted by Gasteiger charge is -2.25. The fourth-order valence-corrected chi connectivity index (χ4v) is 2.12. The maximum atomic E-state index is 11.7. The van der Waals surface area contributed by atoms with Gasteiger partial charge in [0, 0.05) is 19.5 Å². The molecule has 1 aromatic rings. The van der Waals surface area contributed by atoms with Crippen molar-refractivity contribution in [2.75, 3.05) is 6.54 Å². The first-order chi connectivity index (χ1) is 9.69. The summed E-state index contributed by atoms with van der Waals surface area (Å²) < 4.78 is 1.49. The highest BCUT2D eigenvalue weighted by molar-refractivity contribution is 5.75. The number of carbonyl (C=O) groups is 1. The van der Waals surface area contributed by atoms with Gasteiger partial charge < -0.3 is 25.1 Å². The van der Waals surface area contributed by atoms with E-state index in [1.165, 1.54) is 17.1 Å². The fourth-order valence-electron chi connectivity index (χ4n) is 2.12. The predicted molar refractivity (Wildman–Crippen MR) is 76.6 cm³/mol. The van der Waals surface area contributed by atoms with Crippen LogP contribution < -0.4 is 5.32 Å². The van der Waals surface area contributed by atoms with Crippen LogP contribution in [0, 0.1) is 16.0 Å². The Morgan fingerprint density at radius 1 is 1.62 bits per heavy atom. The first-order valence-corrected chi connectivity index (χ1v) is 6.85. The minimum absolute atomic E-state index is 0.172. The molecule has 0 radical (unpaired) electrons. The molecule has 8 nitrogen and oxygen atoms in total. The number of nitrogens with zero attached hydrogens (tertiary/aromatic N) is 3. The molecule has 0 aromatic carbocycles. The van der Waals surface area contributed by atoms with Crippen LogP contribution in [0.25, 0.3) is 0 Å². The molecular weight excluding hydrogens is 276 g/mol. The van der Waals surface area contributed by atoms with Crippen LogP contribution in [-0.4, -0.2) is 37.6 Å². The Morgan fingerprint density at radius 3 is 2.81 bits per heavy atom. The number of aliphatic hydroxyl groups is 1. The molecule has 2 N–H and O–H groups in total. The van der Waals surface area contributed by atoms with E-state index in [0.717, 1.165) is 0 Å². The summed E-state index contributed by atoms with van der Waals surface area (Å²) in [4.78, 5) is 25.2. The van der Waals surface area contributed by atoms with Crippen molar-refractivity contribution in [2.24, 2.45) is 5.92 Å². The Bertz CT molecular complexity index is 496. The van der Waals surface area contributed by atoms with Crippen LogP contribution in [0.5, 0.6) is 0 Å². The monoisotopic (exact) mass is 298 g/mol. The highest BCUT2D eigenvalue weighted by Gasteiger charge is 2.22. The van der Waals surface area contributed by atoms with Gasteiger partial charge in [-0.1, -0.05) is 13.8 Å². The number of amides is 1. The summed E-state index contributed by atoms with van der Waals surface area (Å²) in [5, 5.41) is 23.2. The highest BCUT2D eigenvalue weighted by atomic mass is 16.6. The molecule has 0 saturated heterocycles. The summed E-state index contributed by atoms with van der Waals surface area (Å²) in [6.45, 7) is 6.18. The summed E-state index contributed by atoms with van der Waals surface area (Å²) in [5.74, 6) is -0.117. The third-order valence-corrected chi connectivity index (χ3v) is 2.92. The Kier molecular flexibility index (Phi) is 5.83. The molecule has 1 unspecified atom stereocenters. The van der Waals surface area contributed by atoms with E-state index in [2.05, 4.69) is 10.3 Å². The lowest BCUT2D eigenvalue weighted by molar-refractivity contribution is -0.389. The zero-order valence-corrected chi connectivity index (χ0v) is 12.6. The van der Waals surface area contributed by atoms with Gasteiger partial charge in [-0.05, 0) is 29.2 Å². The highest BCUT2D eigenvalue weighted by Crippen LogP contribution is 2.15. The van der Waals surface area contributed by atoms with E-state index in [0.29, 0.717) is 18.9 Å². The molecule has 1 amide bonds. The lowest BCUT2D eigenvalue weighted by atomic mass is 9.94. The van der Waals surface area contributed by atoms with Gasteiger partial charge in [-0.2, -0.15) is 0 Å². The number of imidazole rings is 1. The second kappa shape index (κ2) is 7.16. The predicted octanol–water partition coefficient (Wildman–Crippen LogP) is 1.09. The van der Waals surface area contributed by atoms with Crippen molar-refractivity contribution in [2.45, 2.75) is 45.8 Å². The van der Waals surface area contributed by atoms with E-state index in [4.69, 9.17) is 0 Å². The van der Waals surface area contributed by atoms with Crippen molar-refractivity contribution in [3.63, 3.8) is 0 Å². The molecule has 0 saturated carbocycles. The maximum absolute atomic E-state index is 11.7. The summed E-state index contributed by atoms with van der Waals surface area (Å²) in [5.41, 5.74) is -0.933. The van der Waals surface area contributed by atoms with Gasteiger partial charge in [0.15, 0.2) is 0 Å². The third kappa shape index (κ3) is 6.35. The number of aryl methyl sites for hydroxylation is 1. The first kappa shape index (κ1) is 17.1. The van der Waals surface area contributed by atoms with Crippen LogP contribution in [0.4, 0.5) is 5.82 Å². The number of aromatic nitrogens is 2. The quantitative estimate of drug-likeness (QED) is 0.551. The first-order valence-electron chi connectivity index (χ1n) is 6.85. The van der Waals surface area contributed by atoms with E-state index >= 15 is 0 Å². The third-order valence-electron chi connectivity index (χ3n) is 2.92. The van der Waals surface area contributed by atoms with Crippen LogP contribution >= 0.6 is 0 Å². The van der Waals surface area contributed by atoms with Gasteiger partial charge in [0.1, 0.15) is 6.20 Å². The maximum Gasteiger partial charge on any atom is 0.381 e. The number of carbonyl (C=O) groups excluding carboxylic acids is 1. The van der Waals surface area contributed by atoms with Crippen LogP contribution in [0.15, 0.2) is 12.5 Å². The molecule has 21 heavy (non-hydrogen) atoms. The van der Waals surface area contributed by atoms with E-state index < -0.39 is 10.5 Å². The summed E-state index contributed by atoms with van der Waals surface area (Å²) in [7, 11) is 0. The molecule has 1 rings (SSSR count). The molecule has 0 bridgehead atoms. The van der Waals surface area contributed by atoms with Gasteiger partial charge in [-0.15, -0.1) is 0 Å². The molecule has 8 heteroatoms. The SMILES string of the molecule is CC(C)CC(C)(O)CNC(=O)CCn1cnc([N+](=O)[O-])c1. The Labute approximate surface area is 123 Å². The Hall–Kier alpha value is -1.96. The summed E-state index contributed by atoms with van der Waals surface area (Å²) in [6.07, 6.45) is 3.37. The number of hydrogen-bond acceptors (Lipinski definition) is 5. The molecule has 0 aliphatic rings. The fraction of sp³-hybridized carbons (Fsp3) is 0.692. The van der Waals surface area contributed by atoms with Crippen molar-refractivity contribution < 1.29 is 14.8 Å². The minimum atomic E-state index is -0.933. The van der Waals surface area contributed by atoms with Crippen LogP contribution in [0.2, 0.25) is 0 Å². The Balaban J connectivity index is 2.35. The largest absolute Gasteiger partial charge is 0.388 e. The van der Waals surface area contributed by atoms with Gasteiger partial charge in [-0.25, -0.2) is 0 Å². The zero-order valence-electron chi connectivity index (χ0n) is 12.6. The average molecular weight is 298 g/mol. The average Bonchev–Trinajstić information content (AvgIpc) is 2.81. The molecule has 0 spiro atoms. The number of rotatable bonds is 8. The van der Waals surface area contributed by atoms with Crippen LogP contribution in [0.1, 0.15) is 33.6 Å². The standard InChI is InChI=1S/C13H22N4O4/c1-10(2)6-13(3,19)8-14-12(18)4-5-16-7-11(15-9-16)17(20)21/h7,9-10,19H,4-6,8H2,1-3H3,(H,14,18). The molecule has 118 valence electrons. The molecule has 1 aromatic heterocycles. The minimum Gasteiger partial charge on any atom is -0.388 e. The van der Waals surface area contributed by atoms with Crippen LogP contribution in [0.3, 0.4) is 0 Å². The van der Waals surface area contributed by atoms with Crippen molar-refractivity contribution >= 4 is 11.7 Å². The van der Waals surface area contributed by atoms with E-state index in [1.807, 2.05) is 13.8 Å².